The second-order valence-corrected chi connectivity index (χ2v) is 9.09. The highest BCUT2D eigenvalue weighted by Gasteiger charge is 2.28. The van der Waals surface area contributed by atoms with Gasteiger partial charge in [-0.1, -0.05) is 29.8 Å². The number of ether oxygens (including phenoxy) is 1. The average molecular weight is 478 g/mol. The number of fused-ring (bicyclic) bond motifs is 1. The fourth-order valence-corrected chi connectivity index (χ4v) is 4.24. The molecule has 2 N–H and O–H groups in total. The Morgan fingerprint density at radius 1 is 1.15 bits per heavy atom. The number of anilines is 1. The first-order chi connectivity index (χ1) is 16.3. The van der Waals surface area contributed by atoms with Crippen LogP contribution < -0.4 is 9.64 Å². The van der Waals surface area contributed by atoms with E-state index in [1.54, 1.807) is 25.1 Å². The van der Waals surface area contributed by atoms with Crippen molar-refractivity contribution in [2.24, 2.45) is 0 Å². The van der Waals surface area contributed by atoms with Crippen molar-refractivity contribution in [3.05, 3.63) is 64.7 Å². The Bertz CT molecular complexity index is 1380. The third kappa shape index (κ3) is 4.18. The van der Waals surface area contributed by atoms with E-state index in [-0.39, 0.29) is 11.6 Å². The summed E-state index contributed by atoms with van der Waals surface area (Å²) in [5.41, 5.74) is 4.62. The van der Waals surface area contributed by atoms with Crippen LogP contribution >= 0.6 is 11.6 Å². The number of hydrogen-bond donors (Lipinski definition) is 2. The number of aromatic carboxylic acids is 1. The van der Waals surface area contributed by atoms with E-state index in [1.807, 2.05) is 12.1 Å². The first-order valence-electron chi connectivity index (χ1n) is 10.9. The van der Waals surface area contributed by atoms with Gasteiger partial charge in [-0.15, -0.1) is 0 Å². The third-order valence-corrected chi connectivity index (χ3v) is 6.45. The summed E-state index contributed by atoms with van der Waals surface area (Å²) in [6.45, 7) is 3.77. The van der Waals surface area contributed by atoms with Gasteiger partial charge in [0.15, 0.2) is 5.65 Å². The Hall–Kier alpha value is -3.62. The van der Waals surface area contributed by atoms with Gasteiger partial charge in [0.2, 0.25) is 0 Å². The van der Waals surface area contributed by atoms with Gasteiger partial charge in [-0.3, -0.25) is 0 Å². The lowest BCUT2D eigenvalue weighted by Crippen LogP contribution is -2.57. The number of benzene rings is 2. The van der Waals surface area contributed by atoms with E-state index in [1.165, 1.54) is 11.8 Å². The molecule has 0 spiro atoms. The van der Waals surface area contributed by atoms with Crippen LogP contribution in [0.4, 0.5) is 5.69 Å². The van der Waals surface area contributed by atoms with Crippen molar-refractivity contribution in [2.45, 2.75) is 13.0 Å². The molecule has 1 fully saturated rings. The molecular formula is C25H24ClN5O3. The Morgan fingerprint density at radius 3 is 2.56 bits per heavy atom. The number of halogens is 1. The maximum absolute atomic E-state index is 11.4. The molecule has 8 nitrogen and oxygen atoms in total. The van der Waals surface area contributed by atoms with Crippen molar-refractivity contribution in [3.63, 3.8) is 0 Å². The maximum Gasteiger partial charge on any atom is 0.336 e. The Balaban J connectivity index is 1.37. The number of nitrogens with one attached hydrogen (secondary N) is 1. The lowest BCUT2D eigenvalue weighted by Gasteiger charge is -2.44. The van der Waals surface area contributed by atoms with E-state index in [0.717, 1.165) is 18.7 Å². The van der Waals surface area contributed by atoms with Gasteiger partial charge >= 0.3 is 12.0 Å². The standard InChI is InChI=1S/C25H24ClN5O3/c1-14-4-9-18(10-19(14)24(32)33)34-25-27-21-11-20(26)22(28-23(21)29-25)15-5-7-16(8-6-15)31-12-17(13-31)30(2)3/h4-11,17H,12-13H2,1-3H3,(H,32,33)(H,27,28,29). The van der Waals surface area contributed by atoms with E-state index >= 15 is 0 Å². The minimum Gasteiger partial charge on any atom is -0.478 e. The molecule has 4 aromatic rings. The van der Waals surface area contributed by atoms with Gasteiger partial charge in [-0.05, 0) is 56.9 Å². The van der Waals surface area contributed by atoms with E-state index in [9.17, 15) is 9.90 Å². The number of H-pyrrole nitrogens is 1. The molecule has 0 atom stereocenters. The fraction of sp³-hybridized carbons (Fsp3) is 0.240. The molecule has 5 rings (SSSR count). The minimum absolute atomic E-state index is 0.177. The summed E-state index contributed by atoms with van der Waals surface area (Å²) >= 11 is 6.54. The van der Waals surface area contributed by atoms with Crippen LogP contribution in [0.5, 0.6) is 11.8 Å². The van der Waals surface area contributed by atoms with Gasteiger partial charge in [0, 0.05) is 30.4 Å². The number of likely N-dealkylation sites (N-methyl/N-ethyl adjacent to an activating group) is 1. The molecule has 9 heteroatoms. The second-order valence-electron chi connectivity index (χ2n) is 8.69. The number of nitrogens with zero attached hydrogens (tertiary/aromatic N) is 4. The van der Waals surface area contributed by atoms with Gasteiger partial charge in [-0.2, -0.15) is 4.98 Å². The van der Waals surface area contributed by atoms with Crippen LogP contribution in [-0.4, -0.2) is 64.2 Å². The van der Waals surface area contributed by atoms with Crippen LogP contribution in [0.25, 0.3) is 22.4 Å². The lowest BCUT2D eigenvalue weighted by molar-refractivity contribution is 0.0695. The zero-order valence-electron chi connectivity index (χ0n) is 19.0. The third-order valence-electron chi connectivity index (χ3n) is 6.16. The number of aryl methyl sites for hydroxylation is 1. The average Bonchev–Trinajstić information content (AvgIpc) is 3.14. The predicted molar refractivity (Wildman–Crippen MR) is 132 cm³/mol. The molecule has 1 aliphatic heterocycles. The minimum atomic E-state index is -1.01. The summed E-state index contributed by atoms with van der Waals surface area (Å²) in [5, 5.41) is 9.83. The molecule has 1 aliphatic rings. The molecule has 0 saturated carbocycles. The van der Waals surface area contributed by atoms with Gasteiger partial charge in [-0.25, -0.2) is 9.78 Å². The van der Waals surface area contributed by atoms with E-state index in [2.05, 4.69) is 51.0 Å². The molecule has 0 unspecified atom stereocenters. The molecule has 34 heavy (non-hydrogen) atoms. The smallest absolute Gasteiger partial charge is 0.336 e. The quantitative estimate of drug-likeness (QED) is 0.410. The van der Waals surface area contributed by atoms with Crippen molar-refractivity contribution >= 4 is 34.4 Å². The van der Waals surface area contributed by atoms with E-state index in [4.69, 9.17) is 16.3 Å². The van der Waals surface area contributed by atoms with Crippen LogP contribution in [0, 0.1) is 6.92 Å². The molecule has 3 heterocycles. The summed E-state index contributed by atoms with van der Waals surface area (Å²) < 4.78 is 5.76. The van der Waals surface area contributed by atoms with Crippen molar-refractivity contribution in [1.82, 2.24) is 19.9 Å². The highest BCUT2D eigenvalue weighted by molar-refractivity contribution is 6.33. The highest BCUT2D eigenvalue weighted by Crippen LogP contribution is 2.32. The van der Waals surface area contributed by atoms with Gasteiger partial charge in [0.05, 0.1) is 21.8 Å². The van der Waals surface area contributed by atoms with Gasteiger partial charge < -0.3 is 24.6 Å². The first-order valence-corrected chi connectivity index (χ1v) is 11.3. The second kappa shape index (κ2) is 8.62. The van der Waals surface area contributed by atoms with Crippen molar-refractivity contribution in [1.29, 1.82) is 0 Å². The van der Waals surface area contributed by atoms with Gasteiger partial charge in [0.1, 0.15) is 5.75 Å². The monoisotopic (exact) mass is 477 g/mol. The molecule has 0 aliphatic carbocycles. The summed E-state index contributed by atoms with van der Waals surface area (Å²) in [6, 6.07) is 15.6. The lowest BCUT2D eigenvalue weighted by atomic mass is 10.0. The number of imidazole rings is 1. The fourth-order valence-electron chi connectivity index (χ4n) is 3.98. The largest absolute Gasteiger partial charge is 0.478 e. The van der Waals surface area contributed by atoms with Crippen molar-refractivity contribution in [2.75, 3.05) is 32.1 Å². The maximum atomic E-state index is 11.4. The molecular weight excluding hydrogens is 454 g/mol. The van der Waals surface area contributed by atoms with Crippen molar-refractivity contribution in [3.8, 4) is 23.0 Å². The first kappa shape index (κ1) is 22.2. The molecule has 0 amide bonds. The molecule has 0 bridgehead atoms. The summed E-state index contributed by atoms with van der Waals surface area (Å²) in [4.78, 5) is 28.1. The number of carboxylic acid groups (broad SMARTS) is 1. The Kier molecular flexibility index (Phi) is 5.63. The molecule has 2 aromatic carbocycles. The van der Waals surface area contributed by atoms with Crippen LogP contribution in [0.3, 0.4) is 0 Å². The summed E-state index contributed by atoms with van der Waals surface area (Å²) in [7, 11) is 4.21. The topological polar surface area (TPSA) is 94.6 Å². The number of pyridine rings is 1. The van der Waals surface area contributed by atoms with Crippen LogP contribution in [0.1, 0.15) is 15.9 Å². The summed E-state index contributed by atoms with van der Waals surface area (Å²) in [5.74, 6) is -0.644. The van der Waals surface area contributed by atoms with Crippen LogP contribution in [0.2, 0.25) is 5.02 Å². The number of aromatic amines is 1. The number of hydrogen-bond acceptors (Lipinski definition) is 6. The highest BCUT2D eigenvalue weighted by atomic mass is 35.5. The predicted octanol–water partition coefficient (Wildman–Crippen LogP) is 4.83. The molecule has 174 valence electrons. The Labute approximate surface area is 201 Å². The van der Waals surface area contributed by atoms with Crippen LogP contribution in [0.15, 0.2) is 48.5 Å². The molecule has 2 aromatic heterocycles. The van der Waals surface area contributed by atoms with E-state index in [0.29, 0.717) is 39.2 Å². The van der Waals surface area contributed by atoms with E-state index < -0.39 is 5.97 Å². The number of carbonyl (C=O) groups is 1. The van der Waals surface area contributed by atoms with Crippen LogP contribution in [-0.2, 0) is 0 Å². The van der Waals surface area contributed by atoms with Crippen molar-refractivity contribution < 1.29 is 14.6 Å². The summed E-state index contributed by atoms with van der Waals surface area (Å²) in [6.07, 6.45) is 0. The number of rotatable bonds is 6. The normalized spacial score (nSPS) is 14.0. The molecule has 0 radical (unpaired) electrons. The number of carboxylic acids is 1. The number of aromatic nitrogens is 3. The zero-order chi connectivity index (χ0) is 24.0. The zero-order valence-corrected chi connectivity index (χ0v) is 19.8. The van der Waals surface area contributed by atoms with Gasteiger partial charge in [0.25, 0.3) is 0 Å². The Morgan fingerprint density at radius 2 is 1.88 bits per heavy atom. The SMILES string of the molecule is Cc1ccc(Oc2nc3nc(-c4ccc(N5CC(N(C)C)C5)cc4)c(Cl)cc3[nH]2)cc1C(=O)O. The molecule has 1 saturated heterocycles.